The first-order valence-electron chi connectivity index (χ1n) is 13.5. The number of carbonyl (C=O) groups is 3. The van der Waals surface area contributed by atoms with Gasteiger partial charge in [0.15, 0.2) is 0 Å². The molecule has 1 aliphatic carbocycles. The van der Waals surface area contributed by atoms with Crippen LogP contribution in [0.15, 0.2) is 18.2 Å². The molecule has 4 atom stereocenters. The Kier molecular flexibility index (Phi) is 10.2. The Balaban J connectivity index is 1.75. The van der Waals surface area contributed by atoms with E-state index in [2.05, 4.69) is 41.7 Å². The number of ether oxygens (including phenoxy) is 1. The van der Waals surface area contributed by atoms with Gasteiger partial charge < -0.3 is 30.5 Å². The van der Waals surface area contributed by atoms with E-state index in [0.29, 0.717) is 44.3 Å². The lowest BCUT2D eigenvalue weighted by molar-refractivity contribution is -0.137. The van der Waals surface area contributed by atoms with E-state index in [9.17, 15) is 27.6 Å². The number of urea groups is 1. The molecule has 1 aromatic rings. The van der Waals surface area contributed by atoms with Gasteiger partial charge in [-0.05, 0) is 71.7 Å². The normalized spacial score (nSPS) is 23.8. The first-order chi connectivity index (χ1) is 18.4. The summed E-state index contributed by atoms with van der Waals surface area (Å²) >= 11 is 0. The molecule has 1 saturated carbocycles. The number of halogens is 3. The van der Waals surface area contributed by atoms with Crippen LogP contribution in [0.4, 0.5) is 23.7 Å². The van der Waals surface area contributed by atoms with Crippen LogP contribution >= 0.6 is 0 Å². The van der Waals surface area contributed by atoms with Crippen LogP contribution in [0.3, 0.4) is 0 Å². The fraction of sp³-hybridized carbons (Fsp3) is 0.667. The average Bonchev–Trinajstić information content (AvgIpc) is 3.22. The quantitative estimate of drug-likeness (QED) is 0.431. The second kappa shape index (κ2) is 13.0. The van der Waals surface area contributed by atoms with Gasteiger partial charge in [-0.1, -0.05) is 0 Å². The minimum Gasteiger partial charge on any atom is -0.384 e. The van der Waals surface area contributed by atoms with Crippen LogP contribution < -0.4 is 16.0 Å². The summed E-state index contributed by atoms with van der Waals surface area (Å²) in [5, 5.41) is 7.52. The number of nitrogens with one attached hydrogen (secondary N) is 3. The number of methoxy groups -OCH3 is 1. The maximum Gasteiger partial charge on any atom is 0.416 e. The third-order valence-corrected chi connectivity index (χ3v) is 7.81. The van der Waals surface area contributed by atoms with Crippen molar-refractivity contribution in [3.05, 3.63) is 29.3 Å². The first kappa shape index (κ1) is 30.7. The van der Waals surface area contributed by atoms with Crippen LogP contribution in [0.1, 0.15) is 62.4 Å². The predicted molar refractivity (Wildman–Crippen MR) is 141 cm³/mol. The minimum absolute atomic E-state index is 0.0420. The number of anilines is 1. The minimum atomic E-state index is -4.68. The molecule has 2 aliphatic rings. The molecule has 1 saturated heterocycles. The lowest BCUT2D eigenvalue weighted by atomic mass is 9.80. The lowest BCUT2D eigenvalue weighted by Gasteiger charge is -2.44. The topological polar surface area (TPSA) is 103 Å². The number of likely N-dealkylation sites (tertiary alicyclic amines) is 1. The summed E-state index contributed by atoms with van der Waals surface area (Å²) in [6.07, 6.45) is -1.73. The second-order valence-corrected chi connectivity index (χ2v) is 10.6. The molecule has 1 unspecified atom stereocenters. The third-order valence-electron chi connectivity index (χ3n) is 7.81. The van der Waals surface area contributed by atoms with Gasteiger partial charge in [-0.25, -0.2) is 4.79 Å². The van der Waals surface area contributed by atoms with Crippen LogP contribution in [0, 0.1) is 5.92 Å². The van der Waals surface area contributed by atoms with E-state index < -0.39 is 29.7 Å². The molecular weight excluding hydrogens is 515 g/mol. The van der Waals surface area contributed by atoms with Gasteiger partial charge in [-0.3, -0.25) is 9.59 Å². The maximum atomic E-state index is 13.4. The molecular formula is C27H40F3N5O4. The first-order valence-corrected chi connectivity index (χ1v) is 13.5. The van der Waals surface area contributed by atoms with Gasteiger partial charge in [0, 0.05) is 44.2 Å². The van der Waals surface area contributed by atoms with E-state index in [1.54, 1.807) is 18.9 Å². The Bertz CT molecular complexity index is 1040. The van der Waals surface area contributed by atoms with Crippen molar-refractivity contribution in [2.75, 3.05) is 39.2 Å². The van der Waals surface area contributed by atoms with Crippen LogP contribution in [0.5, 0.6) is 0 Å². The van der Waals surface area contributed by atoms with Crippen LogP contribution in [0.25, 0.3) is 0 Å². The van der Waals surface area contributed by atoms with Crippen molar-refractivity contribution in [2.24, 2.45) is 5.92 Å². The summed E-state index contributed by atoms with van der Waals surface area (Å²) in [5.74, 6) is -0.983. The van der Waals surface area contributed by atoms with E-state index in [0.717, 1.165) is 31.4 Å². The van der Waals surface area contributed by atoms with Crippen molar-refractivity contribution in [2.45, 2.75) is 76.8 Å². The molecule has 1 aliphatic heterocycles. The van der Waals surface area contributed by atoms with Crippen molar-refractivity contribution in [3.63, 3.8) is 0 Å². The summed E-state index contributed by atoms with van der Waals surface area (Å²) < 4.78 is 45.6. The van der Waals surface area contributed by atoms with Gasteiger partial charge in [0.05, 0.1) is 23.4 Å². The molecule has 3 rings (SSSR count). The third kappa shape index (κ3) is 7.42. The lowest BCUT2D eigenvalue weighted by Crippen LogP contribution is -2.52. The summed E-state index contributed by atoms with van der Waals surface area (Å²) in [7, 11) is 3.75. The molecule has 0 bridgehead atoms. The number of benzene rings is 1. The van der Waals surface area contributed by atoms with Crippen molar-refractivity contribution < 1.29 is 32.3 Å². The highest BCUT2D eigenvalue weighted by molar-refractivity contribution is 6.05. The molecule has 1 aromatic carbocycles. The van der Waals surface area contributed by atoms with Crippen LogP contribution in [-0.2, 0) is 15.7 Å². The number of hydrogen-bond acceptors (Lipinski definition) is 5. The Morgan fingerprint density at radius 1 is 1.21 bits per heavy atom. The SMILES string of the molecule is CCNC(=O)Nc1ccc(C(F)(F)F)cc1C(=O)NC1CCN([C@H]2CC[C@@H](N(C)C(C)C)C[C@@H]2COC)C1=O. The van der Waals surface area contributed by atoms with Crippen LogP contribution in [0.2, 0.25) is 0 Å². The zero-order valence-corrected chi connectivity index (χ0v) is 23.2. The van der Waals surface area contributed by atoms with Crippen molar-refractivity contribution >= 4 is 23.5 Å². The van der Waals surface area contributed by atoms with E-state index >= 15 is 0 Å². The van der Waals surface area contributed by atoms with Crippen molar-refractivity contribution in [1.29, 1.82) is 0 Å². The number of nitrogens with zero attached hydrogens (tertiary/aromatic N) is 2. The number of carbonyl (C=O) groups excluding carboxylic acids is 3. The molecule has 0 aromatic heterocycles. The number of hydrogen-bond donors (Lipinski definition) is 3. The zero-order chi connectivity index (χ0) is 28.9. The molecule has 0 radical (unpaired) electrons. The Morgan fingerprint density at radius 3 is 2.54 bits per heavy atom. The fourth-order valence-electron chi connectivity index (χ4n) is 5.56. The number of rotatable bonds is 9. The van der Waals surface area contributed by atoms with Crippen molar-refractivity contribution in [3.8, 4) is 0 Å². The zero-order valence-electron chi connectivity index (χ0n) is 23.2. The van der Waals surface area contributed by atoms with E-state index in [1.165, 1.54) is 0 Å². The Morgan fingerprint density at radius 2 is 1.92 bits per heavy atom. The van der Waals surface area contributed by atoms with Gasteiger partial charge >= 0.3 is 12.2 Å². The molecule has 1 heterocycles. The van der Waals surface area contributed by atoms with Gasteiger partial charge in [0.2, 0.25) is 5.91 Å². The molecule has 3 N–H and O–H groups in total. The maximum absolute atomic E-state index is 13.4. The highest BCUT2D eigenvalue weighted by atomic mass is 19.4. The molecule has 39 heavy (non-hydrogen) atoms. The van der Waals surface area contributed by atoms with Gasteiger partial charge in [0.25, 0.3) is 5.91 Å². The monoisotopic (exact) mass is 555 g/mol. The highest BCUT2D eigenvalue weighted by Gasteiger charge is 2.43. The predicted octanol–water partition coefficient (Wildman–Crippen LogP) is 3.70. The van der Waals surface area contributed by atoms with Crippen LogP contribution in [-0.4, -0.2) is 85.7 Å². The summed E-state index contributed by atoms with van der Waals surface area (Å²) in [5.41, 5.74) is -1.47. The van der Waals surface area contributed by atoms with E-state index in [1.807, 2.05) is 0 Å². The molecule has 218 valence electrons. The highest BCUT2D eigenvalue weighted by Crippen LogP contribution is 2.35. The standard InChI is InChI=1S/C27H40F3N5O4/c1-6-31-26(38)33-21-9-7-18(27(28,29)30)14-20(21)24(36)32-22-11-12-35(25(22)37)23-10-8-19(34(4)16(2)3)13-17(23)15-39-5/h7,9,14,16-17,19,22-23H,6,8,10-13,15H2,1-5H3,(H,32,36)(H2,31,33,38)/t17-,19-,22?,23+/m1/s1. The summed E-state index contributed by atoms with van der Waals surface area (Å²) in [6.45, 7) is 7.22. The van der Waals surface area contributed by atoms with Gasteiger partial charge in [0.1, 0.15) is 6.04 Å². The molecule has 2 fully saturated rings. The Labute approximate surface area is 227 Å². The van der Waals surface area contributed by atoms with Crippen molar-refractivity contribution in [1.82, 2.24) is 20.4 Å². The molecule has 4 amide bonds. The van der Waals surface area contributed by atoms with E-state index in [4.69, 9.17) is 4.74 Å². The Hall–Kier alpha value is -2.86. The second-order valence-electron chi connectivity index (χ2n) is 10.6. The largest absolute Gasteiger partial charge is 0.416 e. The molecule has 9 nitrogen and oxygen atoms in total. The smallest absolute Gasteiger partial charge is 0.384 e. The number of alkyl halides is 3. The fourth-order valence-corrected chi connectivity index (χ4v) is 5.56. The molecule has 0 spiro atoms. The van der Waals surface area contributed by atoms with Gasteiger partial charge in [-0.2, -0.15) is 13.2 Å². The number of amides is 4. The molecule has 12 heteroatoms. The van der Waals surface area contributed by atoms with E-state index in [-0.39, 0.29) is 29.1 Å². The average molecular weight is 556 g/mol. The summed E-state index contributed by atoms with van der Waals surface area (Å²) in [6, 6.07) is 1.73. The van der Waals surface area contributed by atoms with Gasteiger partial charge in [-0.15, -0.1) is 0 Å². The summed E-state index contributed by atoms with van der Waals surface area (Å²) in [4.78, 5) is 42.7.